The van der Waals surface area contributed by atoms with Crippen molar-refractivity contribution in [2.24, 2.45) is 5.41 Å². The van der Waals surface area contributed by atoms with Crippen molar-refractivity contribution in [3.63, 3.8) is 0 Å². The Hall–Kier alpha value is -1.10. The third-order valence-electron chi connectivity index (χ3n) is 4.77. The summed E-state index contributed by atoms with van der Waals surface area (Å²) in [6.07, 6.45) is 2.63. The first-order chi connectivity index (χ1) is 9.52. The van der Waals surface area contributed by atoms with Crippen LogP contribution in [-0.2, 0) is 9.59 Å². The van der Waals surface area contributed by atoms with E-state index in [0.717, 1.165) is 19.3 Å². The highest BCUT2D eigenvalue weighted by Crippen LogP contribution is 2.36. The molecule has 0 aliphatic carbocycles. The number of rotatable bonds is 5. The van der Waals surface area contributed by atoms with Gasteiger partial charge in [-0.05, 0) is 52.0 Å². The lowest BCUT2D eigenvalue weighted by molar-refractivity contribution is -0.154. The summed E-state index contributed by atoms with van der Waals surface area (Å²) in [4.78, 5) is 26.0. The normalized spacial score (nSPS) is 24.4. The maximum absolute atomic E-state index is 12.5. The molecule has 1 heterocycles. The van der Waals surface area contributed by atoms with E-state index in [0.29, 0.717) is 6.54 Å². The van der Waals surface area contributed by atoms with Crippen molar-refractivity contribution in [2.45, 2.75) is 78.4 Å². The molecule has 0 aromatic heterocycles. The minimum absolute atomic E-state index is 0.0919. The van der Waals surface area contributed by atoms with Gasteiger partial charge in [-0.3, -0.25) is 14.5 Å². The minimum atomic E-state index is -0.839. The number of likely N-dealkylation sites (tertiary alicyclic amines) is 1. The minimum Gasteiger partial charge on any atom is -0.480 e. The lowest BCUT2D eigenvalue weighted by atomic mass is 9.75. The van der Waals surface area contributed by atoms with Crippen LogP contribution < -0.4 is 5.32 Å². The van der Waals surface area contributed by atoms with E-state index in [4.69, 9.17) is 0 Å². The second-order valence-corrected chi connectivity index (χ2v) is 7.47. The molecule has 0 saturated carbocycles. The van der Waals surface area contributed by atoms with Gasteiger partial charge in [0.2, 0.25) is 5.91 Å². The van der Waals surface area contributed by atoms with Crippen LogP contribution in [0.1, 0.15) is 60.8 Å². The summed E-state index contributed by atoms with van der Waals surface area (Å²) in [6, 6.07) is -1.05. The number of carbonyl (C=O) groups excluding carboxylic acids is 1. The molecular weight excluding hydrogens is 268 g/mol. The second-order valence-electron chi connectivity index (χ2n) is 7.47. The van der Waals surface area contributed by atoms with Gasteiger partial charge in [-0.1, -0.05) is 20.8 Å². The number of nitrogens with one attached hydrogen (secondary N) is 1. The maximum atomic E-state index is 12.5. The van der Waals surface area contributed by atoms with Crippen LogP contribution in [0.2, 0.25) is 0 Å². The van der Waals surface area contributed by atoms with Gasteiger partial charge >= 0.3 is 5.97 Å². The summed E-state index contributed by atoms with van der Waals surface area (Å²) in [5, 5.41) is 12.6. The average molecular weight is 298 g/mol. The van der Waals surface area contributed by atoms with Crippen molar-refractivity contribution in [1.29, 1.82) is 0 Å². The van der Waals surface area contributed by atoms with Crippen LogP contribution in [0.3, 0.4) is 0 Å². The number of nitrogens with zero attached hydrogens (tertiary/aromatic N) is 1. The molecule has 21 heavy (non-hydrogen) atoms. The monoisotopic (exact) mass is 298 g/mol. The summed E-state index contributed by atoms with van der Waals surface area (Å²) in [5.74, 6) is -0.931. The highest BCUT2D eigenvalue weighted by molar-refractivity contribution is 5.83. The lowest BCUT2D eigenvalue weighted by Gasteiger charge is -2.46. The summed E-state index contributed by atoms with van der Waals surface area (Å²) < 4.78 is 0. The molecule has 5 nitrogen and oxygen atoms in total. The Morgan fingerprint density at radius 2 is 2.00 bits per heavy atom. The highest BCUT2D eigenvalue weighted by atomic mass is 16.4. The maximum Gasteiger partial charge on any atom is 0.321 e. The molecule has 0 aromatic rings. The fourth-order valence-electron chi connectivity index (χ4n) is 3.00. The summed E-state index contributed by atoms with van der Waals surface area (Å²) >= 11 is 0. The van der Waals surface area contributed by atoms with Gasteiger partial charge in [0.15, 0.2) is 0 Å². The molecule has 1 fully saturated rings. The Kier molecular flexibility index (Phi) is 5.42. The van der Waals surface area contributed by atoms with Crippen molar-refractivity contribution in [1.82, 2.24) is 10.2 Å². The number of carboxylic acid groups (broad SMARTS) is 1. The molecule has 122 valence electrons. The van der Waals surface area contributed by atoms with Gasteiger partial charge < -0.3 is 10.4 Å². The Balaban J connectivity index is 2.91. The zero-order chi connectivity index (χ0) is 16.4. The first-order valence-electron chi connectivity index (χ1n) is 7.82. The molecular formula is C16H30N2O3. The van der Waals surface area contributed by atoms with Gasteiger partial charge in [0.05, 0.1) is 6.04 Å². The average Bonchev–Trinajstić information content (AvgIpc) is 2.35. The van der Waals surface area contributed by atoms with Gasteiger partial charge in [0, 0.05) is 5.54 Å². The van der Waals surface area contributed by atoms with Gasteiger partial charge in [0.25, 0.3) is 0 Å². The topological polar surface area (TPSA) is 69.6 Å². The van der Waals surface area contributed by atoms with Gasteiger partial charge in [0.1, 0.15) is 6.04 Å². The van der Waals surface area contributed by atoms with Crippen molar-refractivity contribution in [3.05, 3.63) is 0 Å². The molecule has 1 saturated heterocycles. The van der Waals surface area contributed by atoms with E-state index in [9.17, 15) is 14.7 Å². The standard InChI is InChI=1S/C16H30N2O3/c1-7-16(5,6)17-13(19)11(2)18-10-8-9-15(3,4)12(18)14(20)21/h11-12H,7-10H2,1-6H3,(H,17,19)(H,20,21). The summed E-state index contributed by atoms with van der Waals surface area (Å²) in [7, 11) is 0. The number of carbonyl (C=O) groups is 2. The molecule has 0 bridgehead atoms. The van der Waals surface area contributed by atoms with E-state index in [-0.39, 0.29) is 16.9 Å². The number of hydrogen-bond acceptors (Lipinski definition) is 3. The van der Waals surface area contributed by atoms with Crippen LogP contribution in [0.25, 0.3) is 0 Å². The molecule has 2 N–H and O–H groups in total. The van der Waals surface area contributed by atoms with Crippen LogP contribution in [0.4, 0.5) is 0 Å². The first kappa shape index (κ1) is 18.0. The molecule has 2 unspecified atom stereocenters. The third kappa shape index (κ3) is 4.19. The smallest absolute Gasteiger partial charge is 0.321 e. The van der Waals surface area contributed by atoms with Crippen LogP contribution in [-0.4, -0.2) is 46.1 Å². The predicted molar refractivity (Wildman–Crippen MR) is 83.1 cm³/mol. The van der Waals surface area contributed by atoms with E-state index < -0.39 is 18.1 Å². The molecule has 1 aliphatic heterocycles. The summed E-state index contributed by atoms with van der Waals surface area (Å²) in [6.45, 7) is 12.4. The Labute approximate surface area is 128 Å². The number of piperidine rings is 1. The SMILES string of the molecule is CCC(C)(C)NC(=O)C(C)N1CCCC(C)(C)C1C(=O)O. The Morgan fingerprint density at radius 1 is 1.43 bits per heavy atom. The van der Waals surface area contributed by atoms with Gasteiger partial charge in [-0.25, -0.2) is 0 Å². The van der Waals surface area contributed by atoms with Crippen molar-refractivity contribution in [2.75, 3.05) is 6.54 Å². The van der Waals surface area contributed by atoms with Crippen LogP contribution >= 0.6 is 0 Å². The molecule has 0 aromatic carbocycles. The van der Waals surface area contributed by atoms with Gasteiger partial charge in [-0.15, -0.1) is 0 Å². The van der Waals surface area contributed by atoms with E-state index in [1.165, 1.54) is 0 Å². The van der Waals surface area contributed by atoms with Gasteiger partial charge in [-0.2, -0.15) is 0 Å². The number of hydrogen-bond donors (Lipinski definition) is 2. The van der Waals surface area contributed by atoms with Crippen molar-refractivity contribution in [3.8, 4) is 0 Å². The first-order valence-corrected chi connectivity index (χ1v) is 7.82. The summed E-state index contributed by atoms with van der Waals surface area (Å²) in [5.41, 5.74) is -0.589. The van der Waals surface area contributed by atoms with E-state index >= 15 is 0 Å². The van der Waals surface area contributed by atoms with E-state index in [2.05, 4.69) is 5.32 Å². The van der Waals surface area contributed by atoms with E-state index in [1.54, 1.807) is 6.92 Å². The number of amides is 1. The lowest BCUT2D eigenvalue weighted by Crippen LogP contribution is -2.61. The van der Waals surface area contributed by atoms with Crippen LogP contribution in [0, 0.1) is 5.41 Å². The third-order valence-corrected chi connectivity index (χ3v) is 4.77. The Morgan fingerprint density at radius 3 is 2.48 bits per heavy atom. The van der Waals surface area contributed by atoms with E-state index in [1.807, 2.05) is 39.5 Å². The molecule has 1 rings (SSSR count). The highest BCUT2D eigenvalue weighted by Gasteiger charge is 2.45. The Bertz CT molecular complexity index is 404. The fourth-order valence-corrected chi connectivity index (χ4v) is 3.00. The largest absolute Gasteiger partial charge is 0.480 e. The molecule has 1 amide bonds. The molecule has 0 spiro atoms. The zero-order valence-corrected chi connectivity index (χ0v) is 14.2. The zero-order valence-electron chi connectivity index (χ0n) is 14.2. The molecule has 5 heteroatoms. The predicted octanol–water partition coefficient (Wildman–Crippen LogP) is 2.25. The quantitative estimate of drug-likeness (QED) is 0.817. The fraction of sp³-hybridized carbons (Fsp3) is 0.875. The molecule has 0 radical (unpaired) electrons. The van der Waals surface area contributed by atoms with Crippen molar-refractivity contribution < 1.29 is 14.7 Å². The van der Waals surface area contributed by atoms with Crippen LogP contribution in [0.5, 0.6) is 0 Å². The second kappa shape index (κ2) is 6.34. The van der Waals surface area contributed by atoms with Crippen LogP contribution in [0.15, 0.2) is 0 Å². The molecule has 1 aliphatic rings. The number of aliphatic carboxylic acids is 1. The number of carboxylic acids is 1. The van der Waals surface area contributed by atoms with Crippen molar-refractivity contribution >= 4 is 11.9 Å². The molecule has 2 atom stereocenters.